The number of hydrogen-bond acceptors (Lipinski definition) is 5. The maximum atomic E-state index is 15.6. The monoisotopic (exact) mass is 788 g/mol. The zero-order valence-corrected chi connectivity index (χ0v) is 32.3. The zero-order valence-electron chi connectivity index (χ0n) is 32.3. The van der Waals surface area contributed by atoms with E-state index in [9.17, 15) is 10.5 Å². The fraction of sp³-hybridized carbons (Fsp3) is 0. The Morgan fingerprint density at radius 3 is 1.36 bits per heavy atom. The van der Waals surface area contributed by atoms with Gasteiger partial charge in [-0.1, -0.05) is 121 Å². The topological polar surface area (TPSA) is 91.2 Å². The quantitative estimate of drug-likeness (QED) is 0.160. The molecule has 8 aromatic carbocycles. The normalized spacial score (nSPS) is 11.1. The lowest BCUT2D eigenvalue weighted by atomic mass is 9.96. The van der Waals surface area contributed by atoms with Crippen molar-refractivity contribution in [2.24, 2.45) is 0 Å². The first-order valence-corrected chi connectivity index (χ1v) is 19.5. The van der Waals surface area contributed by atoms with Gasteiger partial charge in [-0.25, -0.2) is 23.7 Å². The van der Waals surface area contributed by atoms with Gasteiger partial charge in [-0.3, -0.25) is 0 Å². The lowest BCUT2D eigenvalue weighted by molar-refractivity contribution is 0.589. The predicted molar refractivity (Wildman–Crippen MR) is 236 cm³/mol. The van der Waals surface area contributed by atoms with Crippen molar-refractivity contribution in [3.63, 3.8) is 0 Å². The Labute approximate surface area is 349 Å². The summed E-state index contributed by atoms with van der Waals surface area (Å²) in [5, 5.41) is 21.9. The van der Waals surface area contributed by atoms with Gasteiger partial charge in [-0.05, 0) is 88.5 Å². The minimum absolute atomic E-state index is 0.167. The van der Waals surface area contributed by atoms with E-state index in [-0.39, 0.29) is 5.56 Å². The Balaban J connectivity index is 1.30. The maximum absolute atomic E-state index is 15.6. The Hall–Kier alpha value is -8.59. The highest BCUT2D eigenvalue weighted by atomic mass is 19.1. The van der Waals surface area contributed by atoms with Crippen LogP contribution in [0.15, 0.2) is 182 Å². The smallest absolute Gasteiger partial charge is 0.166 e. The number of aromatic nitrogens is 4. The first-order valence-electron chi connectivity index (χ1n) is 19.5. The van der Waals surface area contributed by atoms with Crippen molar-refractivity contribution in [1.82, 2.24) is 19.5 Å². The van der Waals surface area contributed by atoms with E-state index in [0.717, 1.165) is 55.2 Å². The van der Waals surface area contributed by atoms with E-state index in [1.54, 1.807) is 24.3 Å². The molecule has 6 nitrogen and oxygen atoms in total. The Morgan fingerprint density at radius 1 is 0.393 bits per heavy atom. The highest BCUT2D eigenvalue weighted by Crippen LogP contribution is 2.42. The molecule has 0 aliphatic carbocycles. The molecule has 0 fully saturated rings. The molecule has 0 bridgehead atoms. The molecule has 0 saturated carbocycles. The van der Waals surface area contributed by atoms with Gasteiger partial charge in [0.25, 0.3) is 0 Å². The molecule has 0 unspecified atom stereocenters. The van der Waals surface area contributed by atoms with Crippen molar-refractivity contribution in [2.75, 3.05) is 0 Å². The number of fused-ring (bicyclic) bond motifs is 3. The van der Waals surface area contributed by atoms with E-state index in [4.69, 9.17) is 15.0 Å². The van der Waals surface area contributed by atoms with Crippen LogP contribution in [-0.2, 0) is 0 Å². The van der Waals surface area contributed by atoms with E-state index in [1.807, 2.05) is 127 Å². The molecule has 0 aliphatic rings. The van der Waals surface area contributed by atoms with Crippen LogP contribution in [0.2, 0.25) is 0 Å². The van der Waals surface area contributed by atoms with E-state index in [0.29, 0.717) is 45.4 Å². The average Bonchev–Trinajstić information content (AvgIpc) is 3.64. The minimum Gasteiger partial charge on any atom is -0.308 e. The maximum Gasteiger partial charge on any atom is 0.166 e. The Bertz CT molecular complexity index is 3230. The second-order valence-electron chi connectivity index (χ2n) is 14.5. The third-order valence-electron chi connectivity index (χ3n) is 10.9. The summed E-state index contributed by atoms with van der Waals surface area (Å²) in [6, 6.07) is 60.2. The standard InChI is InChI=1S/C53H30F2N6/c54-45-20-11-21-46(55)50(45)37-24-27-49(44(30-37)53-59-51(33-12-3-1-4-13-33)58-52(60-53)34-14-5-2-6-15-34)61-47-25-22-35(40-18-9-7-16-38(40)31-56)28-42(47)43-29-36(23-26-48(43)61)41-19-10-8-17-39(41)32-57/h1-30H. The van der Waals surface area contributed by atoms with Gasteiger partial charge in [0.1, 0.15) is 11.6 Å². The minimum atomic E-state index is -0.698. The number of rotatable bonds is 7. The van der Waals surface area contributed by atoms with Crippen LogP contribution < -0.4 is 0 Å². The fourth-order valence-electron chi connectivity index (χ4n) is 8.05. The lowest BCUT2D eigenvalue weighted by Gasteiger charge is -2.17. The summed E-state index contributed by atoms with van der Waals surface area (Å²) in [6.45, 7) is 0. The SMILES string of the molecule is N#Cc1ccccc1-c1ccc2c(c1)c1cc(-c3ccccc3C#N)ccc1n2-c1ccc(-c2c(F)cccc2F)cc1-c1nc(-c2ccccc2)nc(-c2ccccc2)n1. The highest BCUT2D eigenvalue weighted by molar-refractivity contribution is 6.12. The molecule has 8 heteroatoms. The first kappa shape index (κ1) is 36.7. The predicted octanol–water partition coefficient (Wildman–Crippen LogP) is 13.0. The molecule has 2 heterocycles. The molecule has 0 amide bonds. The molecule has 0 atom stereocenters. The number of hydrogen-bond donors (Lipinski definition) is 0. The Kier molecular flexibility index (Phi) is 9.21. The first-order chi connectivity index (χ1) is 30.0. The summed E-state index contributed by atoms with van der Waals surface area (Å²) in [5.41, 5.74) is 8.89. The molecule has 0 N–H and O–H groups in total. The molecule has 10 rings (SSSR count). The summed E-state index contributed by atoms with van der Waals surface area (Å²) in [6.07, 6.45) is 0. The molecule has 0 spiro atoms. The molecule has 2 aromatic heterocycles. The van der Waals surface area contributed by atoms with Crippen LogP contribution in [-0.4, -0.2) is 19.5 Å². The van der Waals surface area contributed by atoms with E-state index < -0.39 is 11.6 Å². The van der Waals surface area contributed by atoms with Gasteiger partial charge in [0.2, 0.25) is 0 Å². The molecule has 0 aliphatic heterocycles. The van der Waals surface area contributed by atoms with Gasteiger partial charge in [0.15, 0.2) is 17.5 Å². The summed E-state index contributed by atoms with van der Waals surface area (Å²) in [4.78, 5) is 15.1. The third kappa shape index (κ3) is 6.55. The van der Waals surface area contributed by atoms with Crippen molar-refractivity contribution in [3.05, 3.63) is 205 Å². The van der Waals surface area contributed by atoms with Crippen LogP contribution in [0.25, 0.3) is 95.0 Å². The van der Waals surface area contributed by atoms with Crippen molar-refractivity contribution in [3.8, 4) is 85.4 Å². The number of nitriles is 2. The van der Waals surface area contributed by atoms with Gasteiger partial charge in [0.05, 0.1) is 45.5 Å². The zero-order chi connectivity index (χ0) is 41.5. The van der Waals surface area contributed by atoms with Crippen molar-refractivity contribution in [1.29, 1.82) is 10.5 Å². The highest BCUT2D eigenvalue weighted by Gasteiger charge is 2.23. The van der Waals surface area contributed by atoms with E-state index in [2.05, 4.69) is 28.8 Å². The van der Waals surface area contributed by atoms with Crippen LogP contribution in [0.1, 0.15) is 11.1 Å². The summed E-state index contributed by atoms with van der Waals surface area (Å²) in [7, 11) is 0. The van der Waals surface area contributed by atoms with Gasteiger partial charge in [-0.15, -0.1) is 0 Å². The summed E-state index contributed by atoms with van der Waals surface area (Å²) in [5.74, 6) is -0.230. The molecular formula is C53H30F2N6. The molecule has 10 aromatic rings. The summed E-state index contributed by atoms with van der Waals surface area (Å²) < 4.78 is 33.2. The molecule has 0 saturated heterocycles. The van der Waals surface area contributed by atoms with Crippen molar-refractivity contribution < 1.29 is 8.78 Å². The van der Waals surface area contributed by atoms with Crippen LogP contribution in [0.3, 0.4) is 0 Å². The van der Waals surface area contributed by atoms with Crippen LogP contribution >= 0.6 is 0 Å². The molecular weight excluding hydrogens is 759 g/mol. The number of benzene rings is 8. The van der Waals surface area contributed by atoms with Crippen LogP contribution in [0, 0.1) is 34.3 Å². The fourth-order valence-corrected chi connectivity index (χ4v) is 8.05. The third-order valence-corrected chi connectivity index (χ3v) is 10.9. The summed E-state index contributed by atoms with van der Waals surface area (Å²) >= 11 is 0. The molecule has 61 heavy (non-hydrogen) atoms. The van der Waals surface area contributed by atoms with E-state index in [1.165, 1.54) is 18.2 Å². The van der Waals surface area contributed by atoms with Crippen molar-refractivity contribution in [2.45, 2.75) is 0 Å². The Morgan fingerprint density at radius 2 is 0.852 bits per heavy atom. The van der Waals surface area contributed by atoms with Crippen LogP contribution in [0.5, 0.6) is 0 Å². The largest absolute Gasteiger partial charge is 0.308 e. The van der Waals surface area contributed by atoms with Gasteiger partial charge < -0.3 is 4.57 Å². The number of nitrogens with zero attached hydrogens (tertiary/aromatic N) is 6. The van der Waals surface area contributed by atoms with E-state index >= 15 is 8.78 Å². The van der Waals surface area contributed by atoms with Gasteiger partial charge in [0, 0.05) is 27.5 Å². The number of halogens is 2. The lowest BCUT2D eigenvalue weighted by Crippen LogP contribution is -2.04. The molecule has 286 valence electrons. The average molecular weight is 789 g/mol. The van der Waals surface area contributed by atoms with Crippen molar-refractivity contribution >= 4 is 21.8 Å². The second-order valence-corrected chi connectivity index (χ2v) is 14.5. The van der Waals surface area contributed by atoms with Gasteiger partial charge >= 0.3 is 0 Å². The van der Waals surface area contributed by atoms with Gasteiger partial charge in [-0.2, -0.15) is 10.5 Å². The second kappa shape index (κ2) is 15.3. The van der Waals surface area contributed by atoms with Crippen LogP contribution in [0.4, 0.5) is 8.78 Å². The molecule has 0 radical (unpaired) electrons.